The van der Waals surface area contributed by atoms with Crippen LogP contribution in [0, 0.1) is 5.82 Å². The van der Waals surface area contributed by atoms with Crippen molar-refractivity contribution < 1.29 is 21.5 Å². The summed E-state index contributed by atoms with van der Waals surface area (Å²) in [5, 5.41) is 0. The Morgan fingerprint density at radius 3 is 1.86 bits per heavy atom. The Morgan fingerprint density at radius 2 is 1.57 bits per heavy atom. The predicted molar refractivity (Wildman–Crippen MR) is 51.8 cm³/mol. The van der Waals surface area contributed by atoms with E-state index in [1.165, 1.54) is 25.0 Å². The number of ether oxygens (including phenoxy) is 1. The Bertz CT molecular complexity index is 208. The van der Waals surface area contributed by atoms with Crippen molar-refractivity contribution in [3.05, 3.63) is 30.1 Å². The van der Waals surface area contributed by atoms with Gasteiger partial charge in [-0.25, -0.2) is 0 Å². The molecular formula is C10H12ClFMgO. The largest absolute Gasteiger partial charge is 1.00 e. The van der Waals surface area contributed by atoms with Gasteiger partial charge in [-0.05, 0) is 12.8 Å². The first-order chi connectivity index (χ1) is 6.29. The summed E-state index contributed by atoms with van der Waals surface area (Å²) in [6.07, 6.45) is 2.56. The maximum Gasteiger partial charge on any atom is -1.00 e. The van der Waals surface area contributed by atoms with E-state index in [4.69, 9.17) is 4.74 Å². The van der Waals surface area contributed by atoms with Crippen LogP contribution in [0.5, 0.6) is 0 Å². The van der Waals surface area contributed by atoms with Gasteiger partial charge in [0, 0.05) is 13.2 Å². The van der Waals surface area contributed by atoms with E-state index in [1.54, 1.807) is 33.8 Å². The van der Waals surface area contributed by atoms with Gasteiger partial charge in [-0.2, -0.15) is 0 Å². The smallest absolute Gasteiger partial charge is 1.00 e. The number of rotatable bonds is 0. The van der Waals surface area contributed by atoms with Gasteiger partial charge in [-0.1, -0.05) is 0 Å². The Kier molecular flexibility index (Phi) is 8.57. The minimum atomic E-state index is -0.166. The van der Waals surface area contributed by atoms with Crippen LogP contribution < -0.4 is 16.1 Å². The maximum atomic E-state index is 12.1. The van der Waals surface area contributed by atoms with Gasteiger partial charge in [0.2, 0.25) is 0 Å². The number of hydrogen-bond donors (Lipinski definition) is 0. The summed E-state index contributed by atoms with van der Waals surface area (Å²) in [5.74, 6) is -0.166. The fraction of sp³-hybridized carbons (Fsp3) is 0.400. The van der Waals surface area contributed by atoms with E-state index in [9.17, 15) is 4.39 Å². The predicted octanol–water partition coefficient (Wildman–Crippen LogP) is -1.58. The zero-order valence-electron chi connectivity index (χ0n) is 8.01. The van der Waals surface area contributed by atoms with Gasteiger partial charge in [0.05, 0.1) is 0 Å². The molecule has 0 radical (unpaired) electrons. The van der Waals surface area contributed by atoms with Gasteiger partial charge in [0.25, 0.3) is 0 Å². The molecule has 1 aromatic rings. The molecule has 1 saturated heterocycles. The molecule has 1 aliphatic rings. The molecule has 0 amide bonds. The van der Waals surface area contributed by atoms with Crippen LogP contribution in [0.4, 0.5) is 4.39 Å². The van der Waals surface area contributed by atoms with Crippen molar-refractivity contribution in [2.45, 2.75) is 12.8 Å². The third kappa shape index (κ3) is 6.59. The number of halogens is 2. The summed E-state index contributed by atoms with van der Waals surface area (Å²) in [6, 6.07) is 6.44. The molecule has 2 rings (SSSR count). The van der Waals surface area contributed by atoms with Gasteiger partial charge in [0.15, 0.2) is 0 Å². The molecular weight excluding hydrogens is 215 g/mol. The van der Waals surface area contributed by atoms with Gasteiger partial charge in [-0.3, -0.25) is 0 Å². The Morgan fingerprint density at radius 1 is 1.07 bits per heavy atom. The number of hydrogen-bond acceptors (Lipinski definition) is 1. The van der Waals surface area contributed by atoms with E-state index in [0.717, 1.165) is 16.9 Å². The van der Waals surface area contributed by atoms with E-state index in [1.807, 2.05) is 0 Å². The second-order valence-corrected chi connectivity index (χ2v) is 3.76. The van der Waals surface area contributed by atoms with Crippen molar-refractivity contribution in [3.63, 3.8) is 0 Å². The molecule has 0 aromatic heterocycles. The van der Waals surface area contributed by atoms with Crippen molar-refractivity contribution in [3.8, 4) is 0 Å². The fourth-order valence-electron chi connectivity index (χ4n) is 0.995. The Balaban J connectivity index is 0.000000246. The second-order valence-electron chi connectivity index (χ2n) is 2.95. The molecule has 0 bridgehead atoms. The van der Waals surface area contributed by atoms with Crippen LogP contribution in [0.15, 0.2) is 24.3 Å². The van der Waals surface area contributed by atoms with Crippen LogP contribution in [-0.4, -0.2) is 34.9 Å². The molecule has 0 aliphatic carbocycles. The van der Waals surface area contributed by atoms with E-state index >= 15 is 0 Å². The normalized spacial score (nSPS) is 13.9. The average Bonchev–Trinajstić information content (AvgIpc) is 2.68. The third-order valence-electron chi connectivity index (χ3n) is 1.74. The van der Waals surface area contributed by atoms with Gasteiger partial charge < -0.3 is 17.1 Å². The molecule has 1 fully saturated rings. The van der Waals surface area contributed by atoms with E-state index in [-0.39, 0.29) is 18.2 Å². The summed E-state index contributed by atoms with van der Waals surface area (Å²) in [7, 11) is 0. The zero-order chi connectivity index (χ0) is 9.52. The molecule has 4 heteroatoms. The fourth-order valence-corrected chi connectivity index (χ4v) is 1.23. The summed E-state index contributed by atoms with van der Waals surface area (Å²) < 4.78 is 18.2. The van der Waals surface area contributed by atoms with Crippen LogP contribution in [0.2, 0.25) is 0 Å². The molecule has 1 aromatic carbocycles. The monoisotopic (exact) mass is 226 g/mol. The first-order valence-electron chi connectivity index (χ1n) is 4.44. The molecule has 0 unspecified atom stereocenters. The van der Waals surface area contributed by atoms with Crippen molar-refractivity contribution in [2.24, 2.45) is 0 Å². The van der Waals surface area contributed by atoms with Gasteiger partial charge in [0.1, 0.15) is 0 Å². The molecule has 0 N–H and O–H groups in total. The maximum absolute atomic E-state index is 12.1. The molecule has 0 saturated carbocycles. The molecule has 0 atom stereocenters. The van der Waals surface area contributed by atoms with Crippen molar-refractivity contribution >= 4 is 25.4 Å². The van der Waals surface area contributed by atoms with Crippen LogP contribution in [0.25, 0.3) is 0 Å². The van der Waals surface area contributed by atoms with Crippen molar-refractivity contribution in [1.82, 2.24) is 0 Å². The van der Waals surface area contributed by atoms with Crippen LogP contribution >= 0.6 is 0 Å². The van der Waals surface area contributed by atoms with E-state index in [0.29, 0.717) is 0 Å². The Hall–Kier alpha value is 0.166. The molecule has 1 aliphatic heterocycles. The average molecular weight is 227 g/mol. The first kappa shape index (κ1) is 14.2. The van der Waals surface area contributed by atoms with Crippen molar-refractivity contribution in [1.29, 1.82) is 0 Å². The molecule has 0 spiro atoms. The molecule has 74 valence electrons. The molecule has 14 heavy (non-hydrogen) atoms. The van der Waals surface area contributed by atoms with Gasteiger partial charge in [-0.15, -0.1) is 0 Å². The Labute approximate surface area is 103 Å². The van der Waals surface area contributed by atoms with Crippen LogP contribution in [0.1, 0.15) is 12.8 Å². The van der Waals surface area contributed by atoms with Crippen LogP contribution in [0.3, 0.4) is 0 Å². The molecule has 1 nitrogen and oxygen atoms in total. The van der Waals surface area contributed by atoms with Crippen LogP contribution in [-0.2, 0) is 4.74 Å². The zero-order valence-corrected chi connectivity index (χ0v) is 10.2. The quantitative estimate of drug-likeness (QED) is 0.486. The molecule has 1 heterocycles. The second kappa shape index (κ2) is 8.47. The summed E-state index contributed by atoms with van der Waals surface area (Å²) in [6.45, 7) is 2.00. The van der Waals surface area contributed by atoms with Gasteiger partial charge >= 0.3 is 59.9 Å². The number of benzene rings is 1. The SMILES string of the molecule is C1CCOC1.Fc1cc[c]([Mg+])cc1.[Cl-]. The van der Waals surface area contributed by atoms with E-state index < -0.39 is 0 Å². The van der Waals surface area contributed by atoms with Crippen molar-refractivity contribution in [2.75, 3.05) is 13.2 Å². The summed E-state index contributed by atoms with van der Waals surface area (Å²) in [5.41, 5.74) is 0. The third-order valence-corrected chi connectivity index (χ3v) is 2.21. The minimum Gasteiger partial charge on any atom is -1.00 e. The standard InChI is InChI=1S/C6H4F.C4H8O.ClH.Mg/c7-6-4-2-1-3-5-6;1-2-4-5-3-1;;/h2-5H;1-4H2;1H;/q;;;+1/p-1. The summed E-state index contributed by atoms with van der Waals surface area (Å²) in [4.78, 5) is 0. The first-order valence-corrected chi connectivity index (χ1v) is 5.15. The van der Waals surface area contributed by atoms with E-state index in [2.05, 4.69) is 0 Å². The summed E-state index contributed by atoms with van der Waals surface area (Å²) >= 11 is 1.74. The minimum absolute atomic E-state index is 0. The topological polar surface area (TPSA) is 9.23 Å².